The second kappa shape index (κ2) is 9.75. The van der Waals surface area contributed by atoms with Crippen molar-refractivity contribution in [2.24, 2.45) is 0 Å². The molecule has 204 valence electrons. The lowest BCUT2D eigenvalue weighted by Crippen LogP contribution is -2.28. The Balaban J connectivity index is 1.35. The Hall–Kier alpha value is -5.60. The first-order chi connectivity index (χ1) is 21.1. The van der Waals surface area contributed by atoms with Crippen molar-refractivity contribution in [3.8, 4) is 44.9 Å². The molecule has 2 heteroatoms. The van der Waals surface area contributed by atoms with Crippen molar-refractivity contribution >= 4 is 10.8 Å². The van der Waals surface area contributed by atoms with Gasteiger partial charge in [-0.3, -0.25) is 0 Å². The van der Waals surface area contributed by atoms with Crippen LogP contribution < -0.4 is 0 Å². The first-order valence-electron chi connectivity index (χ1n) is 14.5. The van der Waals surface area contributed by atoms with Crippen molar-refractivity contribution in [2.75, 3.05) is 0 Å². The maximum Gasteiger partial charge on any atom is 0.115 e. The van der Waals surface area contributed by atoms with E-state index in [4.69, 9.17) is 0 Å². The predicted molar refractivity (Wildman–Crippen MR) is 175 cm³/mol. The van der Waals surface area contributed by atoms with Crippen LogP contribution in [0.5, 0.6) is 11.5 Å². The van der Waals surface area contributed by atoms with Gasteiger partial charge in [-0.2, -0.15) is 0 Å². The zero-order valence-corrected chi connectivity index (χ0v) is 23.4. The highest BCUT2D eigenvalue weighted by Crippen LogP contribution is 2.57. The SMILES string of the molecule is Oc1ccc(C2(c3ccc(O)cc3)c3ccccc3-c3ccc(-c4cccc(-c5ccc6ccccc6c5)c4)cc32)cc1. The van der Waals surface area contributed by atoms with Gasteiger partial charge < -0.3 is 10.2 Å². The molecule has 2 nitrogen and oxygen atoms in total. The molecule has 0 fully saturated rings. The van der Waals surface area contributed by atoms with Crippen LogP contribution >= 0.6 is 0 Å². The maximum atomic E-state index is 10.2. The van der Waals surface area contributed by atoms with E-state index in [0.717, 1.165) is 22.3 Å². The Morgan fingerprint density at radius 3 is 1.58 bits per heavy atom. The van der Waals surface area contributed by atoms with Crippen molar-refractivity contribution in [3.05, 3.63) is 180 Å². The van der Waals surface area contributed by atoms with Gasteiger partial charge in [-0.25, -0.2) is 0 Å². The first-order valence-corrected chi connectivity index (χ1v) is 14.5. The molecule has 0 spiro atoms. The number of aromatic hydroxyl groups is 2. The van der Waals surface area contributed by atoms with Crippen molar-refractivity contribution in [1.29, 1.82) is 0 Å². The van der Waals surface area contributed by atoms with Crippen LogP contribution in [-0.4, -0.2) is 10.2 Å². The lowest BCUT2D eigenvalue weighted by atomic mass is 9.67. The summed E-state index contributed by atoms with van der Waals surface area (Å²) in [5, 5.41) is 22.9. The van der Waals surface area contributed by atoms with E-state index >= 15 is 0 Å². The summed E-state index contributed by atoms with van der Waals surface area (Å²) in [6.45, 7) is 0. The molecule has 0 saturated carbocycles. The number of phenols is 2. The van der Waals surface area contributed by atoms with E-state index in [1.54, 1.807) is 24.3 Å². The Morgan fingerprint density at radius 2 is 0.884 bits per heavy atom. The Morgan fingerprint density at radius 1 is 0.349 bits per heavy atom. The first kappa shape index (κ1) is 25.1. The molecule has 0 atom stereocenters. The fourth-order valence-corrected chi connectivity index (χ4v) is 6.92. The zero-order chi connectivity index (χ0) is 29.0. The van der Waals surface area contributed by atoms with E-state index in [-0.39, 0.29) is 11.5 Å². The van der Waals surface area contributed by atoms with Gasteiger partial charge in [0.25, 0.3) is 0 Å². The van der Waals surface area contributed by atoms with Crippen LogP contribution in [0.25, 0.3) is 44.2 Å². The molecular formula is C41H28O2. The van der Waals surface area contributed by atoms with Gasteiger partial charge in [-0.1, -0.05) is 115 Å². The highest BCUT2D eigenvalue weighted by molar-refractivity contribution is 5.90. The summed E-state index contributed by atoms with van der Waals surface area (Å²) in [5.74, 6) is 0.464. The topological polar surface area (TPSA) is 40.5 Å². The number of fused-ring (bicyclic) bond motifs is 4. The van der Waals surface area contributed by atoms with Crippen LogP contribution in [0.3, 0.4) is 0 Å². The second-order valence-corrected chi connectivity index (χ2v) is 11.3. The largest absolute Gasteiger partial charge is 0.508 e. The normalized spacial score (nSPS) is 13.0. The highest BCUT2D eigenvalue weighted by Gasteiger charge is 2.46. The van der Waals surface area contributed by atoms with E-state index < -0.39 is 5.41 Å². The van der Waals surface area contributed by atoms with Crippen LogP contribution in [0, 0.1) is 0 Å². The molecule has 0 unspecified atom stereocenters. The van der Waals surface area contributed by atoms with Crippen LogP contribution in [0.4, 0.5) is 0 Å². The molecule has 8 rings (SSSR count). The summed E-state index contributed by atoms with van der Waals surface area (Å²) in [6, 6.07) is 54.3. The molecule has 1 aliphatic carbocycles. The van der Waals surface area contributed by atoms with Gasteiger partial charge in [0.2, 0.25) is 0 Å². The third-order valence-corrected chi connectivity index (χ3v) is 8.92. The average molecular weight is 553 g/mol. The molecule has 0 aromatic heterocycles. The van der Waals surface area contributed by atoms with Crippen LogP contribution in [0.2, 0.25) is 0 Å². The van der Waals surface area contributed by atoms with E-state index in [0.29, 0.717) is 0 Å². The molecule has 7 aromatic rings. The van der Waals surface area contributed by atoms with Crippen molar-refractivity contribution in [3.63, 3.8) is 0 Å². The lowest BCUT2D eigenvalue weighted by molar-refractivity contribution is 0.475. The summed E-state index contributed by atoms with van der Waals surface area (Å²) in [7, 11) is 0. The van der Waals surface area contributed by atoms with Crippen molar-refractivity contribution in [2.45, 2.75) is 5.41 Å². The third-order valence-electron chi connectivity index (χ3n) is 8.92. The minimum absolute atomic E-state index is 0.232. The predicted octanol–water partition coefficient (Wildman–Crippen LogP) is 9.95. The van der Waals surface area contributed by atoms with Gasteiger partial charge in [-0.15, -0.1) is 0 Å². The van der Waals surface area contributed by atoms with Crippen LogP contribution in [0.1, 0.15) is 22.3 Å². The fourth-order valence-electron chi connectivity index (χ4n) is 6.92. The minimum atomic E-state index is -0.626. The lowest BCUT2D eigenvalue weighted by Gasteiger charge is -2.34. The van der Waals surface area contributed by atoms with Crippen LogP contribution in [0.15, 0.2) is 158 Å². The van der Waals surface area contributed by atoms with Gasteiger partial charge >= 0.3 is 0 Å². The third kappa shape index (κ3) is 3.95. The summed E-state index contributed by atoms with van der Waals surface area (Å²) in [4.78, 5) is 0. The van der Waals surface area contributed by atoms with Gasteiger partial charge in [0.15, 0.2) is 0 Å². The van der Waals surface area contributed by atoms with E-state index in [2.05, 4.69) is 109 Å². The monoisotopic (exact) mass is 552 g/mol. The molecule has 7 aromatic carbocycles. The highest BCUT2D eigenvalue weighted by atomic mass is 16.3. The average Bonchev–Trinajstić information content (AvgIpc) is 3.36. The number of hydrogen-bond acceptors (Lipinski definition) is 2. The van der Waals surface area contributed by atoms with Gasteiger partial charge in [0, 0.05) is 0 Å². The number of benzene rings is 7. The Labute approximate surface area is 250 Å². The van der Waals surface area contributed by atoms with E-state index in [1.165, 1.54) is 44.2 Å². The Bertz CT molecular complexity index is 2090. The van der Waals surface area contributed by atoms with Crippen molar-refractivity contribution in [1.82, 2.24) is 0 Å². The molecule has 0 aliphatic heterocycles. The Kier molecular flexibility index (Phi) is 5.70. The minimum Gasteiger partial charge on any atom is -0.508 e. The molecule has 0 heterocycles. The number of rotatable bonds is 4. The van der Waals surface area contributed by atoms with E-state index in [9.17, 15) is 10.2 Å². The summed E-state index contributed by atoms with van der Waals surface area (Å²) < 4.78 is 0. The molecule has 0 bridgehead atoms. The number of phenolic OH excluding ortho intramolecular Hbond substituents is 2. The van der Waals surface area contributed by atoms with E-state index in [1.807, 2.05) is 24.3 Å². The molecule has 0 amide bonds. The van der Waals surface area contributed by atoms with Crippen molar-refractivity contribution < 1.29 is 10.2 Å². The molecule has 1 aliphatic rings. The standard InChI is InChI=1S/C41H28O2/c42-35-19-15-33(16-20-35)41(34-17-21-36(43)22-18-34)39-11-4-3-10-37(39)38-23-14-32(26-40(38)41)30-9-5-8-29(25-30)31-13-12-27-6-1-2-7-28(27)24-31/h1-26,42-43H. The molecule has 2 N–H and O–H groups in total. The van der Waals surface area contributed by atoms with Crippen LogP contribution in [-0.2, 0) is 5.41 Å². The number of hydrogen-bond donors (Lipinski definition) is 2. The molecule has 43 heavy (non-hydrogen) atoms. The van der Waals surface area contributed by atoms with Gasteiger partial charge in [-0.05, 0) is 109 Å². The second-order valence-electron chi connectivity index (χ2n) is 11.3. The maximum absolute atomic E-state index is 10.2. The summed E-state index contributed by atoms with van der Waals surface area (Å²) in [5.41, 5.74) is 10.9. The quantitative estimate of drug-likeness (QED) is 0.228. The molecular weight excluding hydrogens is 524 g/mol. The van der Waals surface area contributed by atoms with Gasteiger partial charge in [0.1, 0.15) is 11.5 Å². The fraction of sp³-hybridized carbons (Fsp3) is 0.0244. The van der Waals surface area contributed by atoms with Gasteiger partial charge in [0.05, 0.1) is 5.41 Å². The summed E-state index contributed by atoms with van der Waals surface area (Å²) >= 11 is 0. The molecule has 0 saturated heterocycles. The summed E-state index contributed by atoms with van der Waals surface area (Å²) in [6.07, 6.45) is 0. The smallest absolute Gasteiger partial charge is 0.115 e. The zero-order valence-electron chi connectivity index (χ0n) is 23.4. The molecule has 0 radical (unpaired) electrons.